The van der Waals surface area contributed by atoms with Crippen molar-refractivity contribution in [2.24, 2.45) is 18.9 Å². The van der Waals surface area contributed by atoms with Crippen molar-refractivity contribution in [3.8, 4) is 11.4 Å². The maximum Gasteiger partial charge on any atom is 0.332 e. The SMILES string of the molecule is CCC(=O)Cn1c(=O)c2c(ncn2[C@@H](C)C(=O)Nc2ccnc(-c3cnc(N4CC5CC5C4)nc3)n2)n(C)c1=O. The Balaban J connectivity index is 1.22. The number of carbonyl (C=O) groups excluding carboxylic acids is 2. The molecule has 1 saturated carbocycles. The highest BCUT2D eigenvalue weighted by molar-refractivity contribution is 5.93. The molecule has 40 heavy (non-hydrogen) atoms. The fraction of sp³-hybridized carbons (Fsp3) is 0.423. The summed E-state index contributed by atoms with van der Waals surface area (Å²) < 4.78 is 3.45. The second kappa shape index (κ2) is 9.77. The number of ketones is 1. The molecule has 5 heterocycles. The fourth-order valence-corrected chi connectivity index (χ4v) is 5.10. The van der Waals surface area contributed by atoms with E-state index >= 15 is 0 Å². The van der Waals surface area contributed by atoms with Crippen molar-refractivity contribution in [3.63, 3.8) is 0 Å². The fourth-order valence-electron chi connectivity index (χ4n) is 5.10. The van der Waals surface area contributed by atoms with Gasteiger partial charge in [-0.15, -0.1) is 0 Å². The number of aromatic nitrogens is 8. The van der Waals surface area contributed by atoms with E-state index < -0.39 is 23.2 Å². The maximum atomic E-state index is 13.2. The Hall–Kier alpha value is -4.75. The van der Waals surface area contributed by atoms with Crippen molar-refractivity contribution < 1.29 is 9.59 Å². The molecule has 0 spiro atoms. The lowest BCUT2D eigenvalue weighted by atomic mass is 10.3. The number of fused-ring (bicyclic) bond motifs is 2. The Morgan fingerprint density at radius 2 is 1.82 bits per heavy atom. The first-order chi connectivity index (χ1) is 19.2. The van der Waals surface area contributed by atoms with Gasteiger partial charge in [0.05, 0.1) is 18.4 Å². The van der Waals surface area contributed by atoms with Crippen molar-refractivity contribution in [1.82, 2.24) is 38.6 Å². The number of hydrogen-bond donors (Lipinski definition) is 1. The number of nitrogens with one attached hydrogen (secondary N) is 1. The third-order valence-electron chi connectivity index (χ3n) is 7.65. The van der Waals surface area contributed by atoms with Gasteiger partial charge in [-0.25, -0.2) is 29.7 Å². The molecule has 0 radical (unpaired) electrons. The number of carbonyl (C=O) groups is 2. The smallest absolute Gasteiger partial charge is 0.332 e. The Bertz CT molecular complexity index is 1750. The van der Waals surface area contributed by atoms with Crippen LogP contribution in [0.4, 0.5) is 11.8 Å². The van der Waals surface area contributed by atoms with Crippen molar-refractivity contribution in [3.05, 3.63) is 51.8 Å². The zero-order valence-corrected chi connectivity index (χ0v) is 22.3. The molecule has 4 aromatic heterocycles. The van der Waals surface area contributed by atoms with E-state index in [-0.39, 0.29) is 35.7 Å². The van der Waals surface area contributed by atoms with Crippen LogP contribution in [-0.4, -0.2) is 63.4 Å². The lowest BCUT2D eigenvalue weighted by molar-refractivity contribution is -0.120. The summed E-state index contributed by atoms with van der Waals surface area (Å²) in [6.45, 7) is 4.89. The van der Waals surface area contributed by atoms with Crippen molar-refractivity contribution in [2.75, 3.05) is 23.3 Å². The molecule has 2 fully saturated rings. The van der Waals surface area contributed by atoms with Crippen molar-refractivity contribution >= 4 is 34.6 Å². The van der Waals surface area contributed by atoms with E-state index in [0.717, 1.165) is 29.5 Å². The van der Waals surface area contributed by atoms with E-state index in [1.807, 2.05) is 0 Å². The average molecular weight is 545 g/mol. The molecule has 206 valence electrons. The first-order valence-corrected chi connectivity index (χ1v) is 13.1. The predicted molar refractivity (Wildman–Crippen MR) is 145 cm³/mol. The van der Waals surface area contributed by atoms with Crippen molar-refractivity contribution in [2.45, 2.75) is 39.3 Å². The van der Waals surface area contributed by atoms with Gasteiger partial charge in [-0.2, -0.15) is 0 Å². The van der Waals surface area contributed by atoms with Gasteiger partial charge in [0, 0.05) is 45.1 Å². The van der Waals surface area contributed by atoms with Crippen LogP contribution >= 0.6 is 0 Å². The number of aryl methyl sites for hydroxylation is 1. The molecular formula is C26H28N10O4. The predicted octanol–water partition coefficient (Wildman–Crippen LogP) is 0.779. The highest BCUT2D eigenvalue weighted by atomic mass is 16.2. The number of anilines is 2. The van der Waals surface area contributed by atoms with Crippen LogP contribution in [-0.2, 0) is 23.2 Å². The van der Waals surface area contributed by atoms with Crippen LogP contribution in [0.25, 0.3) is 22.6 Å². The zero-order chi connectivity index (χ0) is 28.1. The monoisotopic (exact) mass is 544 g/mol. The number of piperidine rings is 1. The van der Waals surface area contributed by atoms with E-state index in [1.54, 1.807) is 32.3 Å². The van der Waals surface area contributed by atoms with E-state index in [1.165, 1.54) is 35.1 Å². The molecular weight excluding hydrogens is 516 g/mol. The first-order valence-electron chi connectivity index (χ1n) is 13.1. The van der Waals surface area contributed by atoms with Crippen LogP contribution in [0.3, 0.4) is 0 Å². The number of nitrogens with zero attached hydrogens (tertiary/aromatic N) is 9. The molecule has 1 aliphatic heterocycles. The standard InChI is InChI=1S/C26H28N10O4/c1-4-18(37)12-35-24(39)20-22(33(3)26(35)40)30-13-36(20)14(2)23(38)32-19-5-6-27-21(31-19)17-8-28-25(29-9-17)34-10-15-7-16(15)11-34/h5-6,8-9,13-16H,4,7,10-12H2,1-3H3,(H,27,31,32,38)/t14-,15?,16?/m0/s1. The number of rotatable bonds is 8. The number of imidazole rings is 1. The molecule has 6 rings (SSSR count). The third-order valence-corrected chi connectivity index (χ3v) is 7.65. The van der Waals surface area contributed by atoms with Gasteiger partial charge in [-0.3, -0.25) is 23.5 Å². The summed E-state index contributed by atoms with van der Waals surface area (Å²) in [6, 6.07) is 0.664. The molecule has 1 saturated heterocycles. The molecule has 0 aromatic carbocycles. The van der Waals surface area contributed by atoms with Crippen LogP contribution in [0, 0.1) is 11.8 Å². The van der Waals surface area contributed by atoms with Gasteiger partial charge < -0.3 is 14.8 Å². The quantitative estimate of drug-likeness (QED) is 0.335. The van der Waals surface area contributed by atoms with E-state index in [0.29, 0.717) is 17.3 Å². The van der Waals surface area contributed by atoms with E-state index in [9.17, 15) is 19.2 Å². The minimum Gasteiger partial charge on any atom is -0.340 e. The summed E-state index contributed by atoms with van der Waals surface area (Å²) in [5.74, 6) is 2.12. The Labute approximate surface area is 227 Å². The van der Waals surface area contributed by atoms with E-state index in [2.05, 4.69) is 35.1 Å². The maximum absolute atomic E-state index is 13.2. The Morgan fingerprint density at radius 3 is 2.52 bits per heavy atom. The van der Waals surface area contributed by atoms with Crippen LogP contribution in [0.1, 0.15) is 32.7 Å². The van der Waals surface area contributed by atoms with E-state index in [4.69, 9.17) is 0 Å². The van der Waals surface area contributed by atoms with Gasteiger partial charge in [0.15, 0.2) is 22.8 Å². The summed E-state index contributed by atoms with van der Waals surface area (Å²) in [5.41, 5.74) is -0.556. The summed E-state index contributed by atoms with van der Waals surface area (Å²) in [5, 5.41) is 2.75. The molecule has 4 aromatic rings. The normalized spacial score (nSPS) is 18.5. The molecule has 3 atom stereocenters. The molecule has 14 nitrogen and oxygen atoms in total. The first kappa shape index (κ1) is 25.5. The number of amides is 1. The second-order valence-corrected chi connectivity index (χ2v) is 10.3. The Kier molecular flexibility index (Phi) is 6.24. The summed E-state index contributed by atoms with van der Waals surface area (Å²) in [4.78, 5) is 75.2. The summed E-state index contributed by atoms with van der Waals surface area (Å²) in [7, 11) is 1.46. The minimum atomic E-state index is -0.891. The molecule has 1 amide bonds. The van der Waals surface area contributed by atoms with Crippen LogP contribution in [0.2, 0.25) is 0 Å². The summed E-state index contributed by atoms with van der Waals surface area (Å²) >= 11 is 0. The van der Waals surface area contributed by atoms with Crippen LogP contribution in [0.15, 0.2) is 40.6 Å². The zero-order valence-electron chi connectivity index (χ0n) is 22.3. The highest BCUT2D eigenvalue weighted by Gasteiger charge is 2.45. The van der Waals surface area contributed by atoms with Gasteiger partial charge in [-0.05, 0) is 31.2 Å². The number of Topliss-reactive ketones (excluding diaryl/α,β-unsaturated/α-hetero) is 1. The minimum absolute atomic E-state index is 0.0459. The summed E-state index contributed by atoms with van der Waals surface area (Å²) in [6.07, 6.45) is 7.68. The van der Waals surface area contributed by atoms with Gasteiger partial charge in [-0.1, -0.05) is 6.92 Å². The van der Waals surface area contributed by atoms with Crippen LogP contribution in [0.5, 0.6) is 0 Å². The topological polar surface area (TPSA) is 163 Å². The van der Waals surface area contributed by atoms with Gasteiger partial charge >= 0.3 is 5.69 Å². The average Bonchev–Trinajstić information content (AvgIpc) is 3.35. The molecule has 2 unspecified atom stereocenters. The molecule has 1 N–H and O–H groups in total. The third kappa shape index (κ3) is 4.44. The molecule has 2 aliphatic rings. The molecule has 14 heteroatoms. The van der Waals surface area contributed by atoms with Crippen molar-refractivity contribution in [1.29, 1.82) is 0 Å². The van der Waals surface area contributed by atoms with Gasteiger partial charge in [0.2, 0.25) is 11.9 Å². The largest absolute Gasteiger partial charge is 0.340 e. The number of hydrogen-bond acceptors (Lipinski definition) is 10. The lowest BCUT2D eigenvalue weighted by Crippen LogP contribution is -2.41. The molecule has 0 bridgehead atoms. The lowest BCUT2D eigenvalue weighted by Gasteiger charge is -2.17. The van der Waals surface area contributed by atoms with Gasteiger partial charge in [0.1, 0.15) is 11.9 Å². The van der Waals surface area contributed by atoms with Gasteiger partial charge in [0.25, 0.3) is 5.56 Å². The molecule has 1 aliphatic carbocycles. The van der Waals surface area contributed by atoms with Crippen LogP contribution < -0.4 is 21.5 Å². The Morgan fingerprint density at radius 1 is 1.10 bits per heavy atom. The second-order valence-electron chi connectivity index (χ2n) is 10.3. The highest BCUT2D eigenvalue weighted by Crippen LogP contribution is 2.45.